The summed E-state index contributed by atoms with van der Waals surface area (Å²) in [6.07, 6.45) is -3.85. The van der Waals surface area contributed by atoms with Crippen LogP contribution in [0, 0.1) is 6.92 Å². The number of alkyl halides is 3. The van der Waals surface area contributed by atoms with Gasteiger partial charge in [-0.3, -0.25) is 9.48 Å². The summed E-state index contributed by atoms with van der Waals surface area (Å²) in [6.45, 7) is 3.46. The van der Waals surface area contributed by atoms with Crippen LogP contribution in [0.15, 0.2) is 46.9 Å². The Morgan fingerprint density at radius 2 is 1.93 bits per heavy atom. The summed E-state index contributed by atoms with van der Waals surface area (Å²) in [7, 11) is 1.58. The lowest BCUT2D eigenvalue weighted by molar-refractivity contribution is -0.141. The second-order valence-corrected chi connectivity index (χ2v) is 6.80. The van der Waals surface area contributed by atoms with Crippen LogP contribution in [0.2, 0.25) is 0 Å². The molecule has 30 heavy (non-hydrogen) atoms. The molecule has 6 nitrogen and oxygen atoms in total. The molecule has 0 unspecified atom stereocenters. The van der Waals surface area contributed by atoms with Crippen molar-refractivity contribution in [1.29, 1.82) is 0 Å². The van der Waals surface area contributed by atoms with Gasteiger partial charge in [0, 0.05) is 5.69 Å². The van der Waals surface area contributed by atoms with Gasteiger partial charge < -0.3 is 14.5 Å². The maximum atomic E-state index is 12.8. The third kappa shape index (κ3) is 4.84. The molecule has 9 heteroatoms. The van der Waals surface area contributed by atoms with Crippen LogP contribution >= 0.6 is 0 Å². The minimum atomic E-state index is -4.51. The van der Waals surface area contributed by atoms with Crippen molar-refractivity contribution < 1.29 is 27.1 Å². The number of aromatic nitrogens is 2. The first-order valence-corrected chi connectivity index (χ1v) is 9.36. The Balaban J connectivity index is 1.69. The van der Waals surface area contributed by atoms with Gasteiger partial charge in [-0.15, -0.1) is 0 Å². The number of methoxy groups -OCH3 is 1. The van der Waals surface area contributed by atoms with Crippen LogP contribution in [0.5, 0.6) is 5.75 Å². The largest absolute Gasteiger partial charge is 0.497 e. The van der Waals surface area contributed by atoms with E-state index in [1.54, 1.807) is 13.2 Å². The molecule has 1 atom stereocenters. The smallest absolute Gasteiger partial charge is 0.435 e. The SMILES string of the molecule is CC[C@@H](NC(=O)c1ccc(Cn2nc(C(F)(F)F)cc2C)o1)c1ccc(OC)cc1. The number of hydrogen-bond donors (Lipinski definition) is 1. The third-order valence-corrected chi connectivity index (χ3v) is 4.69. The van der Waals surface area contributed by atoms with Crippen LogP contribution in [0.3, 0.4) is 0 Å². The van der Waals surface area contributed by atoms with Crippen LogP contribution < -0.4 is 10.1 Å². The van der Waals surface area contributed by atoms with E-state index in [1.807, 2.05) is 31.2 Å². The molecular formula is C21H22F3N3O3. The van der Waals surface area contributed by atoms with Gasteiger partial charge in [0.05, 0.1) is 19.7 Å². The zero-order valence-corrected chi connectivity index (χ0v) is 16.8. The molecule has 0 bridgehead atoms. The summed E-state index contributed by atoms with van der Waals surface area (Å²) < 4.78 is 50.3. The molecule has 1 amide bonds. The van der Waals surface area contributed by atoms with E-state index in [-0.39, 0.29) is 18.3 Å². The van der Waals surface area contributed by atoms with Crippen molar-refractivity contribution in [1.82, 2.24) is 15.1 Å². The molecule has 3 aromatic rings. The first-order chi connectivity index (χ1) is 14.2. The lowest BCUT2D eigenvalue weighted by Crippen LogP contribution is -2.27. The Morgan fingerprint density at radius 1 is 1.23 bits per heavy atom. The average Bonchev–Trinajstić information content (AvgIpc) is 3.33. The van der Waals surface area contributed by atoms with Gasteiger partial charge in [-0.1, -0.05) is 19.1 Å². The average molecular weight is 421 g/mol. The first-order valence-electron chi connectivity index (χ1n) is 9.36. The fourth-order valence-electron chi connectivity index (χ4n) is 3.03. The number of furan rings is 1. The molecule has 160 valence electrons. The van der Waals surface area contributed by atoms with Crippen molar-refractivity contribution in [3.05, 3.63) is 70.9 Å². The lowest BCUT2D eigenvalue weighted by atomic mass is 10.0. The summed E-state index contributed by atoms with van der Waals surface area (Å²) in [4.78, 5) is 12.6. The van der Waals surface area contributed by atoms with Crippen LogP contribution in [-0.4, -0.2) is 22.8 Å². The second-order valence-electron chi connectivity index (χ2n) is 6.80. The number of carbonyl (C=O) groups is 1. The van der Waals surface area contributed by atoms with Crippen LogP contribution in [0.25, 0.3) is 0 Å². The van der Waals surface area contributed by atoms with Gasteiger partial charge >= 0.3 is 6.18 Å². The molecule has 3 rings (SSSR count). The minimum absolute atomic E-state index is 0.00905. The van der Waals surface area contributed by atoms with Gasteiger partial charge in [-0.05, 0) is 49.2 Å². The minimum Gasteiger partial charge on any atom is -0.497 e. The standard InChI is InChI=1S/C21H22F3N3O3/c1-4-17(14-5-7-15(29-3)8-6-14)25-20(28)18-10-9-16(30-18)12-27-13(2)11-19(26-27)21(22,23)24/h5-11,17H,4,12H2,1-3H3,(H,25,28)/t17-/m1/s1. The van der Waals surface area contributed by atoms with E-state index < -0.39 is 17.8 Å². The van der Waals surface area contributed by atoms with E-state index in [0.29, 0.717) is 17.9 Å². The molecule has 0 radical (unpaired) electrons. The van der Waals surface area contributed by atoms with Crippen molar-refractivity contribution in [2.75, 3.05) is 7.11 Å². The first kappa shape index (κ1) is 21.5. The van der Waals surface area contributed by atoms with Gasteiger partial charge in [-0.25, -0.2) is 0 Å². The van der Waals surface area contributed by atoms with E-state index in [0.717, 1.165) is 17.4 Å². The predicted octanol–water partition coefficient (Wildman–Crippen LogP) is 4.74. The molecule has 0 aliphatic carbocycles. The molecule has 2 aromatic heterocycles. The van der Waals surface area contributed by atoms with Crippen molar-refractivity contribution in [2.45, 2.75) is 39.0 Å². The number of nitrogens with zero attached hydrogens (tertiary/aromatic N) is 2. The molecule has 1 aromatic carbocycles. The zero-order valence-electron chi connectivity index (χ0n) is 16.8. The molecule has 0 fully saturated rings. The van der Waals surface area contributed by atoms with E-state index in [9.17, 15) is 18.0 Å². The number of benzene rings is 1. The number of aryl methyl sites for hydroxylation is 1. The molecule has 0 spiro atoms. The second kappa shape index (κ2) is 8.64. The number of carbonyl (C=O) groups excluding carboxylic acids is 1. The molecule has 0 aliphatic rings. The Kier molecular flexibility index (Phi) is 6.19. The molecule has 2 heterocycles. The number of ether oxygens (including phenoxy) is 1. The lowest BCUT2D eigenvalue weighted by Gasteiger charge is -2.17. The van der Waals surface area contributed by atoms with Crippen molar-refractivity contribution >= 4 is 5.91 Å². The molecule has 0 saturated carbocycles. The van der Waals surface area contributed by atoms with E-state index in [2.05, 4.69) is 10.4 Å². The number of hydrogen-bond acceptors (Lipinski definition) is 4. The van der Waals surface area contributed by atoms with Gasteiger partial charge in [0.1, 0.15) is 11.5 Å². The number of rotatable bonds is 7. The summed E-state index contributed by atoms with van der Waals surface area (Å²) in [5.41, 5.74) is 0.301. The van der Waals surface area contributed by atoms with E-state index in [1.165, 1.54) is 17.7 Å². The highest BCUT2D eigenvalue weighted by Crippen LogP contribution is 2.28. The zero-order chi connectivity index (χ0) is 21.9. The Labute approximate surface area is 171 Å². The highest BCUT2D eigenvalue weighted by atomic mass is 19.4. The molecular weight excluding hydrogens is 399 g/mol. The molecule has 1 N–H and O–H groups in total. The fourth-order valence-corrected chi connectivity index (χ4v) is 3.03. The Bertz CT molecular complexity index is 1010. The highest BCUT2D eigenvalue weighted by Gasteiger charge is 2.34. The van der Waals surface area contributed by atoms with Gasteiger partial charge in [0.15, 0.2) is 11.5 Å². The van der Waals surface area contributed by atoms with Crippen molar-refractivity contribution in [3.63, 3.8) is 0 Å². The fraction of sp³-hybridized carbons (Fsp3) is 0.333. The van der Waals surface area contributed by atoms with Crippen molar-refractivity contribution in [2.24, 2.45) is 0 Å². The highest BCUT2D eigenvalue weighted by molar-refractivity contribution is 5.91. The van der Waals surface area contributed by atoms with Gasteiger partial charge in [0.25, 0.3) is 5.91 Å². The summed E-state index contributed by atoms with van der Waals surface area (Å²) in [5.74, 6) is 0.727. The normalized spacial score (nSPS) is 12.6. The third-order valence-electron chi connectivity index (χ3n) is 4.69. The van der Waals surface area contributed by atoms with Crippen LogP contribution in [0.4, 0.5) is 13.2 Å². The summed E-state index contributed by atoms with van der Waals surface area (Å²) in [6, 6.07) is 11.2. The number of nitrogens with one attached hydrogen (secondary N) is 1. The van der Waals surface area contributed by atoms with Crippen LogP contribution in [0.1, 0.15) is 52.7 Å². The number of amides is 1. The van der Waals surface area contributed by atoms with E-state index in [4.69, 9.17) is 9.15 Å². The topological polar surface area (TPSA) is 69.3 Å². The maximum Gasteiger partial charge on any atom is 0.435 e. The number of halogens is 3. The predicted molar refractivity (Wildman–Crippen MR) is 103 cm³/mol. The summed E-state index contributed by atoms with van der Waals surface area (Å²) >= 11 is 0. The summed E-state index contributed by atoms with van der Waals surface area (Å²) in [5, 5.41) is 6.47. The monoisotopic (exact) mass is 421 g/mol. The Hall–Kier alpha value is -3.23. The van der Waals surface area contributed by atoms with Gasteiger partial charge in [-0.2, -0.15) is 18.3 Å². The van der Waals surface area contributed by atoms with E-state index >= 15 is 0 Å². The quantitative estimate of drug-likeness (QED) is 0.598. The van der Waals surface area contributed by atoms with Gasteiger partial charge in [0.2, 0.25) is 0 Å². The molecule has 0 saturated heterocycles. The maximum absolute atomic E-state index is 12.8. The molecule has 0 aliphatic heterocycles. The van der Waals surface area contributed by atoms with Crippen LogP contribution in [-0.2, 0) is 12.7 Å². The van der Waals surface area contributed by atoms with Crippen molar-refractivity contribution in [3.8, 4) is 5.75 Å². The Morgan fingerprint density at radius 3 is 2.50 bits per heavy atom.